The number of fused-ring (bicyclic) bond motifs is 1. The maximum Gasteiger partial charge on any atom is 0.339 e. The summed E-state index contributed by atoms with van der Waals surface area (Å²) >= 11 is 0. The average molecular weight is 449 g/mol. The topological polar surface area (TPSA) is 103 Å². The van der Waals surface area contributed by atoms with E-state index in [0.29, 0.717) is 23.1 Å². The van der Waals surface area contributed by atoms with E-state index in [1.807, 2.05) is 18.2 Å². The van der Waals surface area contributed by atoms with E-state index in [2.05, 4.69) is 5.32 Å². The Kier molecular flexibility index (Phi) is 5.79. The van der Waals surface area contributed by atoms with E-state index in [1.54, 1.807) is 19.1 Å². The molecular weight excluding hydrogens is 430 g/mol. The van der Waals surface area contributed by atoms with Gasteiger partial charge in [-0.3, -0.25) is 9.59 Å². The van der Waals surface area contributed by atoms with Gasteiger partial charge in [0, 0.05) is 18.2 Å². The Hall–Kier alpha value is -3.91. The average Bonchev–Trinajstić information content (AvgIpc) is 2.80. The Balaban J connectivity index is 1.60. The molecule has 0 spiro atoms. The quantitative estimate of drug-likeness (QED) is 0.433. The van der Waals surface area contributed by atoms with Gasteiger partial charge in [0.25, 0.3) is 0 Å². The molecule has 0 aliphatic heterocycles. The minimum absolute atomic E-state index is 0.0106. The fourth-order valence-electron chi connectivity index (χ4n) is 3.11. The summed E-state index contributed by atoms with van der Waals surface area (Å²) in [7, 11) is -4.13. The number of anilines is 1. The summed E-state index contributed by atoms with van der Waals surface area (Å²) in [5.41, 5.74) is 1.60. The summed E-state index contributed by atoms with van der Waals surface area (Å²) in [5.74, 6) is -0.165. The van der Waals surface area contributed by atoms with Crippen molar-refractivity contribution in [3.63, 3.8) is 0 Å². The van der Waals surface area contributed by atoms with Crippen LogP contribution in [0.25, 0.3) is 22.1 Å². The molecule has 0 atom stereocenters. The largest absolute Gasteiger partial charge is 0.463 e. The minimum atomic E-state index is -4.13. The number of benzene rings is 3. The highest BCUT2D eigenvalue weighted by molar-refractivity contribution is 7.87. The zero-order chi connectivity index (χ0) is 22.7. The van der Waals surface area contributed by atoms with Crippen LogP contribution >= 0.6 is 0 Å². The second kappa shape index (κ2) is 8.68. The van der Waals surface area contributed by atoms with Crippen molar-refractivity contribution in [2.75, 3.05) is 5.32 Å². The first kappa shape index (κ1) is 21.3. The third-order valence-corrected chi connectivity index (χ3v) is 6.05. The van der Waals surface area contributed by atoms with Crippen molar-refractivity contribution in [2.45, 2.75) is 18.2 Å². The van der Waals surface area contributed by atoms with Crippen LogP contribution in [0.2, 0.25) is 0 Å². The first-order valence-corrected chi connectivity index (χ1v) is 11.2. The maximum absolute atomic E-state index is 12.8. The summed E-state index contributed by atoms with van der Waals surface area (Å²) in [6.45, 7) is 1.72. The number of nitrogens with one attached hydrogen (secondary N) is 1. The van der Waals surface area contributed by atoms with Crippen molar-refractivity contribution >= 4 is 32.7 Å². The van der Waals surface area contributed by atoms with Gasteiger partial charge in [0.2, 0.25) is 5.91 Å². The Morgan fingerprint density at radius 2 is 1.72 bits per heavy atom. The number of amides is 1. The van der Waals surface area contributed by atoms with Gasteiger partial charge < -0.3 is 13.9 Å². The molecule has 1 heterocycles. The molecule has 0 aliphatic carbocycles. The maximum atomic E-state index is 12.8. The van der Waals surface area contributed by atoms with E-state index in [-0.39, 0.29) is 27.6 Å². The van der Waals surface area contributed by atoms with E-state index in [9.17, 15) is 18.0 Å². The van der Waals surface area contributed by atoms with Gasteiger partial charge in [0.05, 0.1) is 10.9 Å². The number of rotatable bonds is 6. The van der Waals surface area contributed by atoms with Gasteiger partial charge >= 0.3 is 10.1 Å². The lowest BCUT2D eigenvalue weighted by Gasteiger charge is -2.09. The molecule has 0 fully saturated rings. The lowest BCUT2D eigenvalue weighted by atomic mass is 10.1. The highest BCUT2D eigenvalue weighted by atomic mass is 32.2. The molecule has 8 heteroatoms. The molecule has 0 saturated carbocycles. The Labute approximate surface area is 184 Å². The van der Waals surface area contributed by atoms with E-state index < -0.39 is 10.1 Å². The highest BCUT2D eigenvalue weighted by Gasteiger charge is 2.18. The summed E-state index contributed by atoms with van der Waals surface area (Å²) in [6.07, 6.45) is 1.66. The lowest BCUT2D eigenvalue weighted by molar-refractivity contribution is -0.115. The monoisotopic (exact) mass is 449 g/mol. The zero-order valence-corrected chi connectivity index (χ0v) is 17.9. The first-order valence-electron chi connectivity index (χ1n) is 9.83. The van der Waals surface area contributed by atoms with Crippen LogP contribution in [0.1, 0.15) is 13.3 Å². The van der Waals surface area contributed by atoms with Crippen molar-refractivity contribution in [1.82, 2.24) is 0 Å². The number of hydrogen-bond acceptors (Lipinski definition) is 6. The van der Waals surface area contributed by atoms with Crippen LogP contribution < -0.4 is 14.9 Å². The fourth-order valence-corrected chi connectivity index (χ4v) is 4.03. The standard InChI is InChI=1S/C24H19NO6S/c1-2-23(26)25-17-8-11-19(12-9-17)32(28,29)31-18-10-13-20-22(14-18)30-15-21(24(20)27)16-6-4-3-5-7-16/h3-15H,2H2,1H3,(H,25,26). The second-order valence-corrected chi connectivity index (χ2v) is 8.51. The summed E-state index contributed by atoms with van der Waals surface area (Å²) in [6, 6.07) is 19.0. The SMILES string of the molecule is CCC(=O)Nc1ccc(S(=O)(=O)Oc2ccc3c(=O)c(-c4ccccc4)coc3c2)cc1. The summed E-state index contributed by atoms with van der Waals surface area (Å²) < 4.78 is 36.1. The van der Waals surface area contributed by atoms with Gasteiger partial charge in [-0.2, -0.15) is 8.42 Å². The van der Waals surface area contributed by atoms with Gasteiger partial charge in [0.1, 0.15) is 22.5 Å². The van der Waals surface area contributed by atoms with Crippen LogP contribution in [0.5, 0.6) is 5.75 Å². The van der Waals surface area contributed by atoms with E-state index in [4.69, 9.17) is 8.60 Å². The van der Waals surface area contributed by atoms with Crippen molar-refractivity contribution < 1.29 is 21.8 Å². The summed E-state index contributed by atoms with van der Waals surface area (Å²) in [4.78, 5) is 24.2. The minimum Gasteiger partial charge on any atom is -0.463 e. The Bertz CT molecular complexity index is 1440. The number of carbonyl (C=O) groups excluding carboxylic acids is 1. The first-order chi connectivity index (χ1) is 15.4. The van der Waals surface area contributed by atoms with Gasteiger partial charge in [-0.15, -0.1) is 0 Å². The molecule has 0 saturated heterocycles. The van der Waals surface area contributed by atoms with Gasteiger partial charge in [-0.25, -0.2) is 0 Å². The molecule has 1 amide bonds. The molecule has 0 bridgehead atoms. The third kappa shape index (κ3) is 4.40. The van der Waals surface area contributed by atoms with Crippen LogP contribution in [0, 0.1) is 0 Å². The zero-order valence-electron chi connectivity index (χ0n) is 17.1. The number of hydrogen-bond donors (Lipinski definition) is 1. The van der Waals surface area contributed by atoms with Crippen LogP contribution in [0.15, 0.2) is 93.2 Å². The molecule has 4 rings (SSSR count). The molecule has 3 aromatic carbocycles. The van der Waals surface area contributed by atoms with Gasteiger partial charge in [-0.05, 0) is 42.0 Å². The molecule has 32 heavy (non-hydrogen) atoms. The van der Waals surface area contributed by atoms with Gasteiger partial charge in [-0.1, -0.05) is 37.3 Å². The van der Waals surface area contributed by atoms with Crippen LogP contribution in [-0.2, 0) is 14.9 Å². The van der Waals surface area contributed by atoms with Crippen molar-refractivity contribution in [1.29, 1.82) is 0 Å². The Morgan fingerprint density at radius 3 is 2.41 bits per heavy atom. The lowest BCUT2D eigenvalue weighted by Crippen LogP contribution is -2.12. The molecule has 0 aliphatic rings. The van der Waals surface area contributed by atoms with E-state index in [0.717, 1.165) is 5.56 Å². The van der Waals surface area contributed by atoms with Gasteiger partial charge in [0.15, 0.2) is 5.43 Å². The number of carbonyl (C=O) groups is 1. The van der Waals surface area contributed by atoms with E-state index in [1.165, 1.54) is 48.7 Å². The molecule has 162 valence electrons. The van der Waals surface area contributed by atoms with Crippen LogP contribution in [0.3, 0.4) is 0 Å². The molecule has 4 aromatic rings. The molecule has 0 radical (unpaired) electrons. The third-order valence-electron chi connectivity index (χ3n) is 4.78. The predicted octanol–water partition coefficient (Wildman–Crippen LogP) is 4.58. The molecule has 1 aromatic heterocycles. The predicted molar refractivity (Wildman–Crippen MR) is 121 cm³/mol. The smallest absolute Gasteiger partial charge is 0.339 e. The normalized spacial score (nSPS) is 11.3. The van der Waals surface area contributed by atoms with Crippen molar-refractivity contribution in [2.24, 2.45) is 0 Å². The second-order valence-electron chi connectivity index (χ2n) is 6.97. The van der Waals surface area contributed by atoms with Crippen molar-refractivity contribution in [3.8, 4) is 16.9 Å². The fraction of sp³-hybridized carbons (Fsp3) is 0.0833. The summed E-state index contributed by atoms with van der Waals surface area (Å²) in [5, 5.41) is 2.96. The molecule has 0 unspecified atom stereocenters. The highest BCUT2D eigenvalue weighted by Crippen LogP contribution is 2.25. The van der Waals surface area contributed by atoms with E-state index >= 15 is 0 Å². The molecule has 1 N–H and O–H groups in total. The van der Waals surface area contributed by atoms with Crippen LogP contribution in [-0.4, -0.2) is 14.3 Å². The van der Waals surface area contributed by atoms with Crippen molar-refractivity contribution in [3.05, 3.63) is 89.3 Å². The molecule has 7 nitrogen and oxygen atoms in total. The molecular formula is C24H19NO6S. The Morgan fingerprint density at radius 1 is 1.00 bits per heavy atom. The van der Waals surface area contributed by atoms with Crippen LogP contribution in [0.4, 0.5) is 5.69 Å².